The molecule has 3 nitrogen and oxygen atoms in total. The van der Waals surface area contributed by atoms with Gasteiger partial charge in [-0.3, -0.25) is 4.79 Å². The van der Waals surface area contributed by atoms with Gasteiger partial charge in [-0.25, -0.2) is 4.39 Å². The molecule has 5 heteroatoms. The predicted octanol–water partition coefficient (Wildman–Crippen LogP) is 3.11. The molecule has 1 aliphatic heterocycles. The molecule has 1 saturated carbocycles. The van der Waals surface area contributed by atoms with Crippen molar-refractivity contribution in [2.45, 2.75) is 37.5 Å². The van der Waals surface area contributed by atoms with E-state index in [9.17, 15) is 9.18 Å². The number of nitrogens with one attached hydrogen (secondary N) is 1. The van der Waals surface area contributed by atoms with E-state index in [1.165, 1.54) is 6.07 Å². The molecule has 0 radical (unpaired) electrons. The van der Waals surface area contributed by atoms with Gasteiger partial charge in [0.05, 0.1) is 10.4 Å². The summed E-state index contributed by atoms with van der Waals surface area (Å²) in [6, 6.07) is 4.79. The molecule has 2 aliphatic rings. The smallest absolute Gasteiger partial charge is 0.233 e. The van der Waals surface area contributed by atoms with E-state index in [-0.39, 0.29) is 10.9 Å². The number of nitrogens with zero attached hydrogens (tertiary/aromatic N) is 1. The minimum atomic E-state index is -0.521. The van der Waals surface area contributed by atoms with Crippen LogP contribution in [0.2, 0.25) is 5.02 Å². The zero-order chi connectivity index (χ0) is 15.6. The van der Waals surface area contributed by atoms with Crippen LogP contribution in [0.15, 0.2) is 18.2 Å². The van der Waals surface area contributed by atoms with Crippen molar-refractivity contribution in [2.24, 2.45) is 0 Å². The molecule has 1 N–H and O–H groups in total. The molecule has 2 fully saturated rings. The lowest BCUT2D eigenvalue weighted by Crippen LogP contribution is -2.54. The zero-order valence-corrected chi connectivity index (χ0v) is 13.5. The van der Waals surface area contributed by atoms with E-state index in [1.807, 2.05) is 4.90 Å². The maximum absolute atomic E-state index is 13.5. The first-order valence-electron chi connectivity index (χ1n) is 8.09. The van der Waals surface area contributed by atoms with Crippen LogP contribution in [0.4, 0.5) is 4.39 Å². The third kappa shape index (κ3) is 2.86. The Morgan fingerprint density at radius 1 is 1.18 bits per heavy atom. The molecule has 0 unspecified atom stereocenters. The van der Waals surface area contributed by atoms with Crippen LogP contribution >= 0.6 is 11.6 Å². The monoisotopic (exact) mass is 324 g/mol. The molecule has 0 aromatic heterocycles. The molecule has 3 rings (SSSR count). The lowest BCUT2D eigenvalue weighted by atomic mass is 9.68. The number of halogens is 2. The number of hydrogen-bond acceptors (Lipinski definition) is 2. The van der Waals surface area contributed by atoms with Crippen molar-refractivity contribution in [2.75, 3.05) is 26.2 Å². The Hall–Kier alpha value is -1.13. The summed E-state index contributed by atoms with van der Waals surface area (Å²) in [4.78, 5) is 15.2. The lowest BCUT2D eigenvalue weighted by molar-refractivity contribution is -0.139. The molecular weight excluding hydrogens is 303 g/mol. The highest BCUT2D eigenvalue weighted by Gasteiger charge is 2.43. The first-order chi connectivity index (χ1) is 10.6. The third-order valence-electron chi connectivity index (χ3n) is 4.99. The Balaban J connectivity index is 1.96. The highest BCUT2D eigenvalue weighted by molar-refractivity contribution is 6.30. The van der Waals surface area contributed by atoms with Gasteiger partial charge in [0.1, 0.15) is 5.82 Å². The molecule has 1 saturated heterocycles. The van der Waals surface area contributed by atoms with Gasteiger partial charge in [0.25, 0.3) is 0 Å². The summed E-state index contributed by atoms with van der Waals surface area (Å²) in [6.07, 6.45) is 4.89. The molecule has 1 aliphatic carbocycles. The Labute approximate surface area is 135 Å². The second-order valence-corrected chi connectivity index (χ2v) is 6.72. The van der Waals surface area contributed by atoms with E-state index in [4.69, 9.17) is 11.6 Å². The molecule has 0 atom stereocenters. The lowest BCUT2D eigenvalue weighted by Gasteiger charge is -2.41. The third-order valence-corrected chi connectivity index (χ3v) is 5.28. The summed E-state index contributed by atoms with van der Waals surface area (Å²) in [5.74, 6) is -0.234. The number of carbonyl (C=O) groups excluding carboxylic acids is 1. The van der Waals surface area contributed by atoms with Crippen molar-refractivity contribution in [3.63, 3.8) is 0 Å². The Kier molecular flexibility index (Phi) is 4.69. The minimum absolute atomic E-state index is 0.107. The van der Waals surface area contributed by atoms with Crippen LogP contribution in [-0.2, 0) is 10.2 Å². The highest BCUT2D eigenvalue weighted by atomic mass is 35.5. The molecule has 0 bridgehead atoms. The van der Waals surface area contributed by atoms with Crippen LogP contribution in [0.1, 0.15) is 37.7 Å². The van der Waals surface area contributed by atoms with Crippen molar-refractivity contribution in [1.82, 2.24) is 10.2 Å². The van der Waals surface area contributed by atoms with Gasteiger partial charge in [0.2, 0.25) is 5.91 Å². The highest BCUT2D eigenvalue weighted by Crippen LogP contribution is 2.42. The van der Waals surface area contributed by atoms with Crippen LogP contribution in [0.5, 0.6) is 0 Å². The van der Waals surface area contributed by atoms with E-state index in [0.717, 1.165) is 63.8 Å². The molecule has 1 amide bonds. The van der Waals surface area contributed by atoms with Crippen molar-refractivity contribution in [3.05, 3.63) is 34.6 Å². The summed E-state index contributed by atoms with van der Waals surface area (Å²) < 4.78 is 13.5. The van der Waals surface area contributed by atoms with Crippen LogP contribution in [0.25, 0.3) is 0 Å². The Morgan fingerprint density at radius 2 is 1.86 bits per heavy atom. The second-order valence-electron chi connectivity index (χ2n) is 6.31. The quantitative estimate of drug-likeness (QED) is 0.906. The summed E-state index contributed by atoms with van der Waals surface area (Å²) in [5, 5.41) is 3.38. The van der Waals surface area contributed by atoms with Gasteiger partial charge in [0, 0.05) is 26.2 Å². The van der Waals surface area contributed by atoms with Crippen molar-refractivity contribution in [1.29, 1.82) is 0 Å². The summed E-state index contributed by atoms with van der Waals surface area (Å²) >= 11 is 5.98. The molecule has 1 aromatic rings. The fraction of sp³-hybridized carbons (Fsp3) is 0.588. The number of rotatable bonds is 2. The molecule has 22 heavy (non-hydrogen) atoms. The fourth-order valence-corrected chi connectivity index (χ4v) is 3.93. The predicted molar refractivity (Wildman–Crippen MR) is 85.6 cm³/mol. The van der Waals surface area contributed by atoms with Crippen molar-refractivity contribution < 1.29 is 9.18 Å². The van der Waals surface area contributed by atoms with Crippen molar-refractivity contribution in [3.8, 4) is 0 Å². The van der Waals surface area contributed by atoms with Gasteiger partial charge in [-0.1, -0.05) is 36.9 Å². The van der Waals surface area contributed by atoms with Gasteiger partial charge in [0.15, 0.2) is 0 Å². The number of benzene rings is 1. The zero-order valence-electron chi connectivity index (χ0n) is 12.7. The van der Waals surface area contributed by atoms with Gasteiger partial charge in [-0.15, -0.1) is 0 Å². The van der Waals surface area contributed by atoms with Crippen LogP contribution in [0.3, 0.4) is 0 Å². The number of hydrogen-bond donors (Lipinski definition) is 1. The van der Waals surface area contributed by atoms with Gasteiger partial charge < -0.3 is 10.2 Å². The molecule has 0 spiro atoms. The minimum Gasteiger partial charge on any atom is -0.339 e. The van der Waals surface area contributed by atoms with E-state index in [2.05, 4.69) is 5.32 Å². The summed E-state index contributed by atoms with van der Waals surface area (Å²) in [5.41, 5.74) is 0.356. The Morgan fingerprint density at radius 3 is 2.50 bits per heavy atom. The second kappa shape index (κ2) is 6.55. The topological polar surface area (TPSA) is 32.3 Å². The van der Waals surface area contributed by atoms with E-state index in [1.54, 1.807) is 12.1 Å². The van der Waals surface area contributed by atoms with Gasteiger partial charge >= 0.3 is 0 Å². The SMILES string of the molecule is O=C(N1CCNCC1)C1(c2ccc(F)c(Cl)c2)CCCCC1. The number of carbonyl (C=O) groups is 1. The standard InChI is InChI=1S/C17H22ClFN2O/c18-14-12-13(4-5-15(14)19)17(6-2-1-3-7-17)16(22)21-10-8-20-9-11-21/h4-5,12,20H,1-3,6-11H2. The maximum Gasteiger partial charge on any atom is 0.233 e. The maximum atomic E-state index is 13.5. The van der Waals surface area contributed by atoms with Crippen LogP contribution < -0.4 is 5.32 Å². The van der Waals surface area contributed by atoms with Crippen LogP contribution in [0, 0.1) is 5.82 Å². The van der Waals surface area contributed by atoms with Gasteiger partial charge in [-0.05, 0) is 30.5 Å². The molecule has 120 valence electrons. The van der Waals surface area contributed by atoms with E-state index >= 15 is 0 Å². The van der Waals surface area contributed by atoms with E-state index in [0.29, 0.717) is 0 Å². The molecular formula is C17H22ClFN2O. The summed E-state index contributed by atoms with van der Waals surface area (Å²) in [7, 11) is 0. The average molecular weight is 325 g/mol. The van der Waals surface area contributed by atoms with Gasteiger partial charge in [-0.2, -0.15) is 0 Å². The first-order valence-corrected chi connectivity index (χ1v) is 8.47. The summed E-state index contributed by atoms with van der Waals surface area (Å²) in [6.45, 7) is 3.17. The molecule has 1 heterocycles. The van der Waals surface area contributed by atoms with Crippen LogP contribution in [-0.4, -0.2) is 37.0 Å². The average Bonchev–Trinajstić information content (AvgIpc) is 2.58. The number of amides is 1. The normalized spacial score (nSPS) is 21.6. The fourth-order valence-electron chi connectivity index (χ4n) is 3.75. The Bertz CT molecular complexity index is 552. The largest absolute Gasteiger partial charge is 0.339 e. The molecule has 1 aromatic carbocycles. The number of piperazine rings is 1. The first kappa shape index (κ1) is 15.8. The van der Waals surface area contributed by atoms with E-state index < -0.39 is 11.2 Å². The van der Waals surface area contributed by atoms with Crippen molar-refractivity contribution >= 4 is 17.5 Å².